The van der Waals surface area contributed by atoms with Crippen molar-refractivity contribution in [3.05, 3.63) is 0 Å². The second-order valence-corrected chi connectivity index (χ2v) is 7.32. The van der Waals surface area contributed by atoms with Gasteiger partial charge in [-0.25, -0.2) is 0 Å². The van der Waals surface area contributed by atoms with Crippen LogP contribution < -0.4 is 10.6 Å². The van der Waals surface area contributed by atoms with Gasteiger partial charge in [-0.15, -0.1) is 0 Å². The van der Waals surface area contributed by atoms with Crippen LogP contribution in [0.1, 0.15) is 26.7 Å². The molecule has 0 radical (unpaired) electrons. The molecule has 1 rings (SSSR count). The maximum atomic E-state index is 12.0. The highest BCUT2D eigenvalue weighted by molar-refractivity contribution is 5.90. The summed E-state index contributed by atoms with van der Waals surface area (Å²) in [5.74, 6) is -5.05. The van der Waals surface area contributed by atoms with Gasteiger partial charge in [0.1, 0.15) is 19.2 Å². The van der Waals surface area contributed by atoms with Crippen LogP contribution in [0.3, 0.4) is 0 Å². The van der Waals surface area contributed by atoms with Crippen molar-refractivity contribution in [3.63, 3.8) is 0 Å². The number of aliphatic hydroxyl groups excluding tert-OH is 2. The Morgan fingerprint density at radius 2 is 1.56 bits per heavy atom. The Balaban J connectivity index is 2.36. The fourth-order valence-corrected chi connectivity index (χ4v) is 2.76. The first kappa shape index (κ1) is 27.2. The number of hydrogen-bond acceptors (Lipinski definition) is 9. The van der Waals surface area contributed by atoms with Gasteiger partial charge in [-0.3, -0.25) is 24.0 Å². The van der Waals surface area contributed by atoms with Crippen LogP contribution in [0.4, 0.5) is 0 Å². The zero-order valence-electron chi connectivity index (χ0n) is 17.7. The van der Waals surface area contributed by atoms with Gasteiger partial charge < -0.3 is 45.4 Å². The van der Waals surface area contributed by atoms with Crippen LogP contribution in [0.5, 0.6) is 0 Å². The number of aliphatic carboxylic acids is 2. The van der Waals surface area contributed by atoms with Crippen molar-refractivity contribution in [2.24, 2.45) is 0 Å². The normalized spacial score (nSPS) is 23.6. The van der Waals surface area contributed by atoms with Crippen LogP contribution in [0.25, 0.3) is 0 Å². The molecule has 0 bridgehead atoms. The number of amides is 3. The van der Waals surface area contributed by atoms with E-state index in [-0.39, 0.29) is 12.8 Å². The Morgan fingerprint density at radius 3 is 2.12 bits per heavy atom. The molecule has 0 saturated carbocycles. The molecule has 1 aliphatic heterocycles. The monoisotopic (exact) mass is 463 g/mol. The summed E-state index contributed by atoms with van der Waals surface area (Å²) in [6.07, 6.45) is -4.21. The summed E-state index contributed by atoms with van der Waals surface area (Å²) in [7, 11) is 0. The summed E-state index contributed by atoms with van der Waals surface area (Å²) in [5.41, 5.74) is 0. The van der Waals surface area contributed by atoms with Crippen molar-refractivity contribution in [2.45, 2.75) is 57.4 Å². The Morgan fingerprint density at radius 1 is 1.00 bits per heavy atom. The molecule has 0 spiro atoms. The van der Waals surface area contributed by atoms with Crippen LogP contribution in [0.2, 0.25) is 0 Å². The molecule has 3 unspecified atom stereocenters. The molecular weight excluding hydrogens is 434 g/mol. The van der Waals surface area contributed by atoms with Gasteiger partial charge in [0, 0.05) is 6.42 Å². The molecule has 182 valence electrons. The molecular formula is C18H29N3O11. The number of hydrogen-bond donors (Lipinski definition) is 6. The number of aliphatic hydroxyl groups is 2. The van der Waals surface area contributed by atoms with E-state index in [0.29, 0.717) is 4.90 Å². The minimum absolute atomic E-state index is 0.0694. The number of carbonyl (C=O) groups is 5. The minimum atomic E-state index is -1.41. The maximum absolute atomic E-state index is 12.0. The molecule has 1 fully saturated rings. The topological polar surface area (TPSA) is 212 Å². The molecule has 1 saturated heterocycles. The summed E-state index contributed by atoms with van der Waals surface area (Å²) in [4.78, 5) is 57.6. The number of nitrogens with zero attached hydrogens (tertiary/aromatic N) is 1. The molecule has 0 aliphatic carbocycles. The van der Waals surface area contributed by atoms with Crippen LogP contribution >= 0.6 is 0 Å². The summed E-state index contributed by atoms with van der Waals surface area (Å²) in [5, 5.41) is 41.4. The van der Waals surface area contributed by atoms with Crippen LogP contribution in [-0.4, -0.2) is 112 Å². The summed E-state index contributed by atoms with van der Waals surface area (Å²) in [6, 6.07) is 0. The molecule has 32 heavy (non-hydrogen) atoms. The Bertz CT molecular complexity index is 686. The van der Waals surface area contributed by atoms with Crippen LogP contribution in [-0.2, 0) is 33.4 Å². The van der Waals surface area contributed by atoms with Crippen molar-refractivity contribution in [1.29, 1.82) is 0 Å². The first-order valence-corrected chi connectivity index (χ1v) is 9.80. The molecule has 1 aliphatic rings. The Kier molecular flexibility index (Phi) is 11.0. The van der Waals surface area contributed by atoms with Gasteiger partial charge in [0.25, 0.3) is 0 Å². The lowest BCUT2D eigenvalue weighted by Crippen LogP contribution is -2.48. The van der Waals surface area contributed by atoms with Crippen LogP contribution in [0, 0.1) is 0 Å². The minimum Gasteiger partial charge on any atom is -0.480 e. The van der Waals surface area contributed by atoms with Gasteiger partial charge in [-0.1, -0.05) is 0 Å². The predicted octanol–water partition coefficient (Wildman–Crippen LogP) is -3.13. The van der Waals surface area contributed by atoms with Crippen molar-refractivity contribution < 1.29 is 53.9 Å². The fraction of sp³-hybridized carbons (Fsp3) is 0.722. The van der Waals surface area contributed by atoms with E-state index >= 15 is 0 Å². The number of carboxylic acids is 2. The van der Waals surface area contributed by atoms with Crippen molar-refractivity contribution in [3.8, 4) is 0 Å². The molecule has 5 atom stereocenters. The molecule has 1 heterocycles. The van der Waals surface area contributed by atoms with Crippen molar-refractivity contribution in [2.75, 3.05) is 26.2 Å². The zero-order valence-corrected chi connectivity index (χ0v) is 17.7. The number of carbonyl (C=O) groups excluding carboxylic acids is 3. The van der Waals surface area contributed by atoms with Gasteiger partial charge in [0.05, 0.1) is 37.8 Å². The summed E-state index contributed by atoms with van der Waals surface area (Å²) >= 11 is 0. The third-order valence-corrected chi connectivity index (χ3v) is 4.41. The summed E-state index contributed by atoms with van der Waals surface area (Å²) in [6.45, 7) is 0.373. The first-order chi connectivity index (χ1) is 14.9. The van der Waals surface area contributed by atoms with Gasteiger partial charge in [-0.2, -0.15) is 0 Å². The lowest BCUT2D eigenvalue weighted by Gasteiger charge is -2.36. The third kappa shape index (κ3) is 10.00. The number of nitrogens with one attached hydrogen (secondary N) is 2. The third-order valence-electron chi connectivity index (χ3n) is 4.41. The molecule has 3 amide bonds. The second-order valence-electron chi connectivity index (χ2n) is 7.32. The quantitative estimate of drug-likeness (QED) is 0.170. The molecule has 0 aromatic heterocycles. The summed E-state index contributed by atoms with van der Waals surface area (Å²) < 4.78 is 10.8. The fourth-order valence-electron chi connectivity index (χ4n) is 2.76. The van der Waals surface area contributed by atoms with E-state index in [1.807, 2.05) is 0 Å². The van der Waals surface area contributed by atoms with E-state index < -0.39 is 86.5 Å². The zero-order chi connectivity index (χ0) is 24.4. The van der Waals surface area contributed by atoms with E-state index in [9.17, 15) is 34.2 Å². The highest BCUT2D eigenvalue weighted by Gasteiger charge is 2.35. The standard InChI is InChI=1S/C18H29N3O11/c1-9(31-18-12(23)4-11(22)10(2)32-18)3-13(24)19-5-14(25)20-6-15(26)21(7-16(27)28)8-17(29)30/h9-12,18,22-23H,3-8H2,1-2H3,(H,19,24)(H,20,25)(H,27,28)(H,29,30)/t9?,10-,11?,12+,18?/m0/s1. The average molecular weight is 463 g/mol. The maximum Gasteiger partial charge on any atom is 0.323 e. The highest BCUT2D eigenvalue weighted by Crippen LogP contribution is 2.22. The largest absolute Gasteiger partial charge is 0.480 e. The van der Waals surface area contributed by atoms with Crippen molar-refractivity contribution in [1.82, 2.24) is 15.5 Å². The lowest BCUT2D eigenvalue weighted by molar-refractivity contribution is -0.273. The predicted molar refractivity (Wildman–Crippen MR) is 104 cm³/mol. The van der Waals surface area contributed by atoms with E-state index in [4.69, 9.17) is 19.7 Å². The van der Waals surface area contributed by atoms with E-state index in [1.165, 1.54) is 0 Å². The molecule has 6 N–H and O–H groups in total. The van der Waals surface area contributed by atoms with Crippen LogP contribution in [0.15, 0.2) is 0 Å². The molecule has 14 heteroatoms. The van der Waals surface area contributed by atoms with E-state index in [0.717, 1.165) is 0 Å². The SMILES string of the molecule is CC(CC(=O)NCC(=O)NCC(=O)N(CC(=O)O)CC(=O)O)OC1O[C@@H](C)C(O)C[C@H]1O. The molecule has 14 nitrogen and oxygen atoms in total. The average Bonchev–Trinajstić information content (AvgIpc) is 2.67. The Hall–Kier alpha value is -2.81. The van der Waals surface area contributed by atoms with E-state index in [2.05, 4.69) is 10.6 Å². The number of ether oxygens (including phenoxy) is 2. The number of rotatable bonds is 12. The molecule has 0 aromatic rings. The first-order valence-electron chi connectivity index (χ1n) is 9.80. The van der Waals surface area contributed by atoms with Gasteiger partial charge in [0.15, 0.2) is 6.29 Å². The second kappa shape index (κ2) is 12.9. The van der Waals surface area contributed by atoms with Gasteiger partial charge in [-0.05, 0) is 13.8 Å². The number of carboxylic acid groups (broad SMARTS) is 2. The van der Waals surface area contributed by atoms with E-state index in [1.54, 1.807) is 13.8 Å². The van der Waals surface area contributed by atoms with Crippen molar-refractivity contribution >= 4 is 29.7 Å². The lowest BCUT2D eigenvalue weighted by atomic mass is 10.0. The highest BCUT2D eigenvalue weighted by atomic mass is 16.7. The van der Waals surface area contributed by atoms with Gasteiger partial charge in [0.2, 0.25) is 17.7 Å². The Labute approximate surface area is 183 Å². The molecule has 0 aromatic carbocycles. The van der Waals surface area contributed by atoms with Gasteiger partial charge >= 0.3 is 11.9 Å². The smallest absolute Gasteiger partial charge is 0.323 e.